The Morgan fingerprint density at radius 1 is 1.45 bits per heavy atom. The average molecular weight is 295 g/mol. The molecule has 1 aliphatic rings. The number of aliphatic carboxylic acids is 1. The first-order valence-corrected chi connectivity index (χ1v) is 7.82. The summed E-state index contributed by atoms with van der Waals surface area (Å²) in [4.78, 5) is 12.0. The number of aliphatic hydroxyl groups is 1. The fraction of sp³-hybridized carbons (Fsp3) is 0.533. The van der Waals surface area contributed by atoms with Crippen LogP contribution in [0.25, 0.3) is 0 Å². The number of nitrogens with two attached hydrogens (primary N) is 1. The van der Waals surface area contributed by atoms with Crippen LogP contribution < -0.4 is 5.73 Å². The number of hydrogen-bond acceptors (Lipinski definition) is 4. The van der Waals surface area contributed by atoms with Crippen LogP contribution in [0.5, 0.6) is 0 Å². The van der Waals surface area contributed by atoms with Gasteiger partial charge in [-0.25, -0.2) is 0 Å². The number of hydrogen-bond donors (Lipinski definition) is 3. The number of rotatable bonds is 4. The summed E-state index contributed by atoms with van der Waals surface area (Å²) in [5.74, 6) is -0.454. The van der Waals surface area contributed by atoms with Crippen molar-refractivity contribution < 1.29 is 15.0 Å². The number of carboxylic acid groups (broad SMARTS) is 1. The van der Waals surface area contributed by atoms with Crippen LogP contribution in [0.2, 0.25) is 0 Å². The Morgan fingerprint density at radius 2 is 2.10 bits per heavy atom. The third-order valence-electron chi connectivity index (χ3n) is 3.97. The lowest BCUT2D eigenvalue weighted by Crippen LogP contribution is -2.38. The minimum Gasteiger partial charge on any atom is -0.481 e. The molecule has 20 heavy (non-hydrogen) atoms. The van der Waals surface area contributed by atoms with Crippen molar-refractivity contribution in [2.75, 3.05) is 11.5 Å². The monoisotopic (exact) mass is 295 g/mol. The van der Waals surface area contributed by atoms with Gasteiger partial charge in [0.1, 0.15) is 0 Å². The van der Waals surface area contributed by atoms with Gasteiger partial charge in [-0.3, -0.25) is 4.79 Å². The minimum atomic E-state index is -0.756. The number of anilines is 1. The summed E-state index contributed by atoms with van der Waals surface area (Å²) in [5.41, 5.74) is 6.89. The van der Waals surface area contributed by atoms with Crippen molar-refractivity contribution in [3.63, 3.8) is 0 Å². The van der Waals surface area contributed by atoms with Gasteiger partial charge < -0.3 is 15.9 Å². The molecule has 4 nitrogen and oxygen atoms in total. The van der Waals surface area contributed by atoms with Crippen molar-refractivity contribution in [2.45, 2.75) is 43.1 Å². The SMILES string of the molecule is Cc1ccc(N)cc1SCC1(O)CCC(C(=O)O)CC1. The van der Waals surface area contributed by atoms with Crippen molar-refractivity contribution >= 4 is 23.4 Å². The van der Waals surface area contributed by atoms with Gasteiger partial charge in [0.25, 0.3) is 0 Å². The maximum absolute atomic E-state index is 10.9. The van der Waals surface area contributed by atoms with Gasteiger partial charge in [-0.05, 0) is 50.3 Å². The van der Waals surface area contributed by atoms with Crippen LogP contribution in [0.15, 0.2) is 23.1 Å². The maximum Gasteiger partial charge on any atom is 0.306 e. The molecule has 110 valence electrons. The van der Waals surface area contributed by atoms with Gasteiger partial charge in [0.05, 0.1) is 11.5 Å². The number of carbonyl (C=O) groups is 1. The third-order valence-corrected chi connectivity index (χ3v) is 5.41. The summed E-state index contributed by atoms with van der Waals surface area (Å²) in [6.45, 7) is 2.02. The quantitative estimate of drug-likeness (QED) is 0.587. The Labute approximate surface area is 123 Å². The lowest BCUT2D eigenvalue weighted by Gasteiger charge is -2.34. The standard InChI is InChI=1S/C15H21NO3S/c1-10-2-3-12(16)8-13(10)20-9-15(19)6-4-11(5-7-15)14(17)18/h2-3,8,11,19H,4-7,9,16H2,1H3,(H,17,18). The molecule has 1 fully saturated rings. The van der Waals surface area contributed by atoms with E-state index in [1.165, 1.54) is 0 Å². The van der Waals surface area contributed by atoms with E-state index in [-0.39, 0.29) is 5.92 Å². The maximum atomic E-state index is 10.9. The Hall–Kier alpha value is -1.20. The zero-order valence-corrected chi connectivity index (χ0v) is 12.4. The van der Waals surface area contributed by atoms with Crippen molar-refractivity contribution in [2.24, 2.45) is 5.92 Å². The highest BCUT2D eigenvalue weighted by Crippen LogP contribution is 2.37. The number of thioether (sulfide) groups is 1. The van der Waals surface area contributed by atoms with Crippen LogP contribution in [-0.2, 0) is 4.79 Å². The molecule has 0 unspecified atom stereocenters. The molecule has 4 N–H and O–H groups in total. The third kappa shape index (κ3) is 3.67. The molecule has 5 heteroatoms. The van der Waals surface area contributed by atoms with Crippen LogP contribution in [-0.4, -0.2) is 27.5 Å². The van der Waals surface area contributed by atoms with Crippen molar-refractivity contribution in [1.82, 2.24) is 0 Å². The highest BCUT2D eigenvalue weighted by molar-refractivity contribution is 7.99. The molecule has 1 aromatic carbocycles. The first kappa shape index (κ1) is 15.2. The topological polar surface area (TPSA) is 83.5 Å². The Bertz CT molecular complexity index is 496. The van der Waals surface area contributed by atoms with Gasteiger partial charge in [0, 0.05) is 16.3 Å². The molecule has 0 aliphatic heterocycles. The molecule has 0 bridgehead atoms. The van der Waals surface area contributed by atoms with E-state index in [0.717, 1.165) is 16.1 Å². The van der Waals surface area contributed by atoms with Crippen molar-refractivity contribution in [1.29, 1.82) is 0 Å². The van der Waals surface area contributed by atoms with Crippen LogP contribution in [0.4, 0.5) is 5.69 Å². The molecule has 0 aromatic heterocycles. The molecule has 1 aliphatic carbocycles. The second-order valence-electron chi connectivity index (χ2n) is 5.65. The van der Waals surface area contributed by atoms with Gasteiger partial charge in [-0.2, -0.15) is 0 Å². The van der Waals surface area contributed by atoms with E-state index < -0.39 is 11.6 Å². The summed E-state index contributed by atoms with van der Waals surface area (Å²) >= 11 is 1.60. The largest absolute Gasteiger partial charge is 0.481 e. The van der Waals surface area contributed by atoms with E-state index in [1.54, 1.807) is 11.8 Å². The number of benzene rings is 1. The van der Waals surface area contributed by atoms with E-state index in [1.807, 2.05) is 25.1 Å². The van der Waals surface area contributed by atoms with Crippen molar-refractivity contribution in [3.8, 4) is 0 Å². The van der Waals surface area contributed by atoms with Gasteiger partial charge in [-0.15, -0.1) is 11.8 Å². The molecule has 2 rings (SSSR count). The van der Waals surface area contributed by atoms with Gasteiger partial charge in [0.2, 0.25) is 0 Å². The number of carboxylic acids is 1. The summed E-state index contributed by atoms with van der Waals surface area (Å²) < 4.78 is 0. The lowest BCUT2D eigenvalue weighted by atomic mass is 9.80. The molecule has 1 aromatic rings. The van der Waals surface area contributed by atoms with Crippen LogP contribution in [0.3, 0.4) is 0 Å². The number of nitrogen functional groups attached to an aromatic ring is 1. The fourth-order valence-electron chi connectivity index (χ4n) is 2.53. The highest BCUT2D eigenvalue weighted by atomic mass is 32.2. The first-order valence-electron chi connectivity index (χ1n) is 6.84. The zero-order chi connectivity index (χ0) is 14.8. The van der Waals surface area contributed by atoms with Crippen LogP contribution >= 0.6 is 11.8 Å². The molecule has 0 spiro atoms. The highest BCUT2D eigenvalue weighted by Gasteiger charge is 2.35. The minimum absolute atomic E-state index is 0.297. The predicted octanol–water partition coefficient (Wildman–Crippen LogP) is 2.68. The van der Waals surface area contributed by atoms with Gasteiger partial charge >= 0.3 is 5.97 Å². The Kier molecular flexibility index (Phi) is 4.60. The second kappa shape index (κ2) is 6.06. The van der Waals surface area contributed by atoms with Crippen molar-refractivity contribution in [3.05, 3.63) is 23.8 Å². The average Bonchev–Trinajstić information content (AvgIpc) is 2.40. The smallest absolute Gasteiger partial charge is 0.306 e. The molecular weight excluding hydrogens is 274 g/mol. The fourth-order valence-corrected chi connectivity index (χ4v) is 3.76. The molecule has 0 radical (unpaired) electrons. The van der Waals surface area contributed by atoms with Crippen LogP contribution in [0.1, 0.15) is 31.2 Å². The predicted molar refractivity (Wildman–Crippen MR) is 80.9 cm³/mol. The first-order chi connectivity index (χ1) is 9.39. The van der Waals surface area contributed by atoms with E-state index in [0.29, 0.717) is 31.4 Å². The molecule has 1 saturated carbocycles. The Balaban J connectivity index is 1.94. The van der Waals surface area contributed by atoms with E-state index in [4.69, 9.17) is 10.8 Å². The van der Waals surface area contributed by atoms with E-state index in [9.17, 15) is 9.90 Å². The molecular formula is C15H21NO3S. The summed E-state index contributed by atoms with van der Waals surface area (Å²) in [7, 11) is 0. The van der Waals surface area contributed by atoms with Gasteiger partial charge in [-0.1, -0.05) is 6.07 Å². The normalized spacial score (nSPS) is 26.4. The second-order valence-corrected chi connectivity index (χ2v) is 6.67. The number of aryl methyl sites for hydroxylation is 1. The summed E-state index contributed by atoms with van der Waals surface area (Å²) in [6.07, 6.45) is 2.22. The Morgan fingerprint density at radius 3 is 2.70 bits per heavy atom. The lowest BCUT2D eigenvalue weighted by molar-refractivity contribution is -0.144. The van der Waals surface area contributed by atoms with Gasteiger partial charge in [0.15, 0.2) is 0 Å². The molecule has 0 amide bonds. The molecule has 0 atom stereocenters. The summed E-state index contributed by atoms with van der Waals surface area (Å²) in [6, 6.07) is 5.77. The summed E-state index contributed by atoms with van der Waals surface area (Å²) in [5, 5.41) is 19.5. The van der Waals surface area contributed by atoms with Crippen LogP contribution in [0, 0.1) is 12.8 Å². The molecule has 0 heterocycles. The zero-order valence-electron chi connectivity index (χ0n) is 11.6. The van der Waals surface area contributed by atoms with E-state index >= 15 is 0 Å². The van der Waals surface area contributed by atoms with E-state index in [2.05, 4.69) is 0 Å². The molecule has 0 saturated heterocycles.